The largest absolute Gasteiger partial charge is 0.212 e. The van der Waals surface area contributed by atoms with Crippen molar-refractivity contribution in [2.45, 2.75) is 195 Å². The normalized spacial score (nSPS) is 11.8. The maximum Gasteiger partial charge on any atom is 0.212 e. The zero-order chi connectivity index (χ0) is 61.3. The van der Waals surface area contributed by atoms with E-state index in [1.807, 2.05) is 0 Å². The van der Waals surface area contributed by atoms with Gasteiger partial charge >= 0.3 is 0 Å². The van der Waals surface area contributed by atoms with E-state index in [9.17, 15) is 0 Å². The van der Waals surface area contributed by atoms with Gasteiger partial charge in [-0.15, -0.1) is 0 Å². The van der Waals surface area contributed by atoms with Crippen LogP contribution < -0.4 is 18.3 Å². The smallest absolute Gasteiger partial charge is 0.198 e. The molecule has 4 heteroatoms. The highest BCUT2D eigenvalue weighted by Crippen LogP contribution is 2.32. The zero-order valence-electron chi connectivity index (χ0n) is 56.3. The second kappa shape index (κ2) is 28.2. The Morgan fingerprint density at radius 1 is 0.341 bits per heavy atom. The van der Waals surface area contributed by atoms with Crippen molar-refractivity contribution in [2.24, 2.45) is 33.6 Å². The van der Waals surface area contributed by atoms with Crippen molar-refractivity contribution in [3.8, 4) is 45.0 Å². The summed E-state index contributed by atoms with van der Waals surface area (Å²) >= 11 is 0. The van der Waals surface area contributed by atoms with Crippen LogP contribution in [0.3, 0.4) is 0 Å². The van der Waals surface area contributed by atoms with Gasteiger partial charge in [-0.05, 0) is 197 Å². The minimum atomic E-state index is 0.203. The van der Waals surface area contributed by atoms with E-state index in [-0.39, 0.29) is 5.41 Å². The molecule has 4 nitrogen and oxygen atoms in total. The van der Waals surface area contributed by atoms with E-state index in [2.05, 4.69) is 320 Å². The van der Waals surface area contributed by atoms with Crippen LogP contribution in [0.15, 0.2) is 121 Å². The van der Waals surface area contributed by atoms with Crippen LogP contribution >= 0.6 is 0 Å². The van der Waals surface area contributed by atoms with Gasteiger partial charge in [-0.25, -0.2) is 0 Å². The van der Waals surface area contributed by atoms with E-state index in [0.29, 0.717) is 17.3 Å². The fourth-order valence-electron chi connectivity index (χ4n) is 11.3. The van der Waals surface area contributed by atoms with Crippen LogP contribution in [0, 0.1) is 88.5 Å². The fourth-order valence-corrected chi connectivity index (χ4v) is 11.3. The number of nitrogens with zero attached hydrogens (tertiary/aromatic N) is 4. The molecule has 0 aliphatic heterocycles. The molecule has 4 aromatic carbocycles. The molecule has 0 aliphatic carbocycles. The summed E-state index contributed by atoms with van der Waals surface area (Å²) in [6.45, 7) is 49.0. The second-order valence-corrected chi connectivity index (χ2v) is 26.3. The summed E-state index contributed by atoms with van der Waals surface area (Å²) in [5, 5.41) is 0. The zero-order valence-corrected chi connectivity index (χ0v) is 56.3. The van der Waals surface area contributed by atoms with Gasteiger partial charge in [0.25, 0.3) is 0 Å². The van der Waals surface area contributed by atoms with Crippen LogP contribution in [0.2, 0.25) is 0 Å². The lowest BCUT2D eigenvalue weighted by Gasteiger charge is -2.20. The summed E-state index contributed by atoms with van der Waals surface area (Å²) in [6.07, 6.45) is 4.74. The number of pyridine rings is 4. The van der Waals surface area contributed by atoms with Crippen LogP contribution in [-0.2, 0) is 40.0 Å². The average Bonchev–Trinajstić information content (AvgIpc) is 3.48. The molecular weight excluding hydrogens is 993 g/mol. The molecule has 0 radical (unpaired) electrons. The second-order valence-electron chi connectivity index (χ2n) is 26.3. The minimum absolute atomic E-state index is 0.203. The molecule has 8 aromatic rings. The predicted octanol–water partition coefficient (Wildman–Crippen LogP) is 18.7. The van der Waals surface area contributed by atoms with Crippen molar-refractivity contribution >= 4 is 0 Å². The van der Waals surface area contributed by atoms with Gasteiger partial charge in [-0.2, -0.15) is 18.3 Å². The molecule has 436 valence electrons. The monoisotopic (exact) mass is 1100 g/mol. The third kappa shape index (κ3) is 16.2. The maximum atomic E-state index is 2.38. The Hall–Kier alpha value is -6.52. The summed E-state index contributed by atoms with van der Waals surface area (Å²) in [6, 6.07) is 45.4. The van der Waals surface area contributed by atoms with Crippen LogP contribution in [0.1, 0.15) is 190 Å². The molecule has 0 spiro atoms. The van der Waals surface area contributed by atoms with Crippen LogP contribution in [0.5, 0.6) is 0 Å². The lowest BCUT2D eigenvalue weighted by Crippen LogP contribution is -2.35. The first kappa shape index (κ1) is 66.3. The van der Waals surface area contributed by atoms with E-state index in [4.69, 9.17) is 0 Å². The van der Waals surface area contributed by atoms with Crippen LogP contribution in [0.25, 0.3) is 45.0 Å². The van der Waals surface area contributed by atoms with E-state index in [1.165, 1.54) is 154 Å². The Balaban J connectivity index is 0.000000200. The van der Waals surface area contributed by atoms with Gasteiger partial charge < -0.3 is 0 Å². The molecule has 4 aromatic heterocycles. The van der Waals surface area contributed by atoms with E-state index >= 15 is 0 Å². The maximum absolute atomic E-state index is 2.38. The number of benzene rings is 4. The number of hydrogen-bond donors (Lipinski definition) is 0. The van der Waals surface area contributed by atoms with Crippen LogP contribution in [-0.4, -0.2) is 0 Å². The third-order valence-electron chi connectivity index (χ3n) is 18.1. The van der Waals surface area contributed by atoms with Gasteiger partial charge in [-0.3, -0.25) is 0 Å². The quantitative estimate of drug-likeness (QED) is 0.121. The van der Waals surface area contributed by atoms with Crippen molar-refractivity contribution < 1.29 is 18.3 Å². The molecule has 0 N–H and O–H groups in total. The topological polar surface area (TPSA) is 15.5 Å². The molecule has 0 bridgehead atoms. The molecule has 1 atom stereocenters. The summed E-state index contributed by atoms with van der Waals surface area (Å²) in [4.78, 5) is 0. The lowest BCUT2D eigenvalue weighted by molar-refractivity contribution is -0.667. The molecule has 0 saturated heterocycles. The van der Waals surface area contributed by atoms with E-state index in [0.717, 1.165) is 6.42 Å². The fraction of sp³-hybridized carbons (Fsp3) is 0.436. The molecule has 0 amide bonds. The molecule has 8 rings (SSSR count). The first-order valence-electron chi connectivity index (χ1n) is 30.6. The summed E-state index contributed by atoms with van der Waals surface area (Å²) in [5.41, 5.74) is 32.9. The first-order chi connectivity index (χ1) is 38.3. The van der Waals surface area contributed by atoms with Gasteiger partial charge in [0.2, 0.25) is 22.8 Å². The van der Waals surface area contributed by atoms with Gasteiger partial charge in [0.15, 0.2) is 22.8 Å². The third-order valence-corrected chi connectivity index (χ3v) is 18.1. The Bertz CT molecular complexity index is 3500. The Morgan fingerprint density at radius 2 is 0.659 bits per heavy atom. The molecule has 82 heavy (non-hydrogen) atoms. The molecule has 0 aliphatic rings. The number of hydrogen-bond acceptors (Lipinski definition) is 0. The first-order valence-corrected chi connectivity index (χ1v) is 30.6. The Kier molecular flexibility index (Phi) is 22.8. The van der Waals surface area contributed by atoms with Crippen molar-refractivity contribution in [2.75, 3.05) is 0 Å². The van der Waals surface area contributed by atoms with Gasteiger partial charge in [0.1, 0.15) is 28.2 Å². The molecule has 1 unspecified atom stereocenters. The van der Waals surface area contributed by atoms with Crippen molar-refractivity contribution in [1.82, 2.24) is 0 Å². The highest BCUT2D eigenvalue weighted by molar-refractivity contribution is 5.65. The number of aromatic nitrogens is 4. The predicted molar refractivity (Wildman–Crippen MR) is 353 cm³/mol. The lowest BCUT2D eigenvalue weighted by atomic mass is 9.85. The van der Waals surface area contributed by atoms with Crippen molar-refractivity contribution in [1.29, 1.82) is 0 Å². The Labute approximate surface area is 500 Å². The average molecular weight is 1100 g/mol. The Morgan fingerprint density at radius 3 is 0.963 bits per heavy atom. The molecule has 4 heterocycles. The number of aryl methyl sites for hydroxylation is 8. The SMILES string of the molecule is CCC(C)c1ccc(-c2ccc(C)c(C)[n+]2C)c(C)c1.CCC(CC)c1ccc(-c2ccc(C)c(C)[n+]2C)c(C)c1.Cc1cc(C(C)(C)C)ccc1-c1ccc(C)c(C)[n+]1C.Cc1cc(CC(C)(C)C)ccc1-c1ccc(C)c(C)[n+]1C. The highest BCUT2D eigenvalue weighted by Gasteiger charge is 2.23. The molecule has 0 saturated carbocycles. The minimum Gasteiger partial charge on any atom is -0.198 e. The molecular formula is C78H108N4+4. The summed E-state index contributed by atoms with van der Waals surface area (Å²) in [7, 11) is 8.61. The van der Waals surface area contributed by atoms with Crippen molar-refractivity contribution in [3.63, 3.8) is 0 Å². The van der Waals surface area contributed by atoms with Gasteiger partial charge in [0, 0.05) is 96.5 Å². The highest BCUT2D eigenvalue weighted by atomic mass is 15.0. The van der Waals surface area contributed by atoms with Gasteiger partial charge in [-0.1, -0.05) is 118 Å². The summed E-state index contributed by atoms with van der Waals surface area (Å²) < 4.78 is 9.17. The van der Waals surface area contributed by atoms with E-state index < -0.39 is 0 Å². The number of rotatable bonds is 10. The van der Waals surface area contributed by atoms with Gasteiger partial charge in [0.05, 0.1) is 0 Å². The van der Waals surface area contributed by atoms with Crippen molar-refractivity contribution in [3.05, 3.63) is 211 Å². The molecule has 0 fully saturated rings. The summed E-state index contributed by atoms with van der Waals surface area (Å²) in [5.74, 6) is 1.32. The van der Waals surface area contributed by atoms with E-state index in [1.54, 1.807) is 0 Å². The standard InChI is InChI=1S/2C20H28N.2C19H26N/c1-14-8-11-19(21(7)16(14)3)18-10-9-17(12-15(18)2)13-20(4,5)6;1-7-17(8-2)18-10-11-19(15(4)13-18)20-12-9-14(3)16(5)21(20)6;1-13-8-11-18(20(7)15(13)3)17-10-9-16(12-14(17)2)19(4,5)6;1-7-13(2)17-9-10-18(15(4)12-17)19-11-8-14(3)16(5)20(19)6/h8-12H,13H2,1-7H3;9-13,17H,7-8H2,1-6H3;8-12H,1-7H3;8-13H,7H2,1-6H3/q4*+1. The van der Waals surface area contributed by atoms with Crippen LogP contribution in [0.4, 0.5) is 0 Å².